The lowest BCUT2D eigenvalue weighted by Crippen LogP contribution is -2.32. The predicted octanol–water partition coefficient (Wildman–Crippen LogP) is 4.56. The molecule has 2 atom stereocenters. The number of halogens is 1. The average molecular weight is 290 g/mol. The van der Waals surface area contributed by atoms with Gasteiger partial charge in [-0.15, -0.1) is 0 Å². The normalized spacial score (nSPS) is 32.9. The highest BCUT2D eigenvalue weighted by Gasteiger charge is 2.64. The van der Waals surface area contributed by atoms with Crippen LogP contribution in [0.15, 0.2) is 42.1 Å². The van der Waals surface area contributed by atoms with Crippen molar-refractivity contribution in [3.63, 3.8) is 0 Å². The van der Waals surface area contributed by atoms with Crippen molar-refractivity contribution in [2.24, 2.45) is 16.7 Å². The summed E-state index contributed by atoms with van der Waals surface area (Å²) in [6.07, 6.45) is 3.91. The Hall–Kier alpha value is -1.28. The Morgan fingerprint density at radius 3 is 2.45 bits per heavy atom. The van der Waals surface area contributed by atoms with Crippen molar-refractivity contribution in [1.82, 2.24) is 0 Å². The van der Waals surface area contributed by atoms with Crippen LogP contribution in [0.5, 0.6) is 0 Å². The molecule has 0 N–H and O–H groups in total. The summed E-state index contributed by atoms with van der Waals surface area (Å²) < 4.78 is 1.55. The first kappa shape index (κ1) is 13.7. The quantitative estimate of drug-likeness (QED) is 0.588. The smallest absolute Gasteiger partial charge is 0.167 e. The van der Waals surface area contributed by atoms with E-state index in [1.165, 1.54) is 0 Å². The Kier molecular flexibility index (Phi) is 2.98. The second kappa shape index (κ2) is 4.36. The highest BCUT2D eigenvalue weighted by Crippen LogP contribution is 2.65. The predicted molar refractivity (Wildman–Crippen MR) is 82.5 cm³/mol. The first-order valence-electron chi connectivity index (χ1n) is 7.14. The molecule has 0 spiro atoms. The molecule has 0 radical (unpaired) electrons. The molecule has 0 saturated heterocycles. The van der Waals surface area contributed by atoms with E-state index in [1.807, 2.05) is 36.5 Å². The van der Waals surface area contributed by atoms with E-state index < -0.39 is 0 Å². The Bertz CT molecular complexity index is 578. The number of carbonyl (C=O) groups excluding carboxylic acids is 1. The number of anilines is 1. The molecule has 106 valence electrons. The highest BCUT2D eigenvalue weighted by molar-refractivity contribution is 6.27. The van der Waals surface area contributed by atoms with Crippen molar-refractivity contribution in [1.29, 1.82) is 0 Å². The molecule has 2 nitrogen and oxygen atoms in total. The fourth-order valence-electron chi connectivity index (χ4n) is 3.84. The molecule has 20 heavy (non-hydrogen) atoms. The van der Waals surface area contributed by atoms with Gasteiger partial charge < -0.3 is 0 Å². The summed E-state index contributed by atoms with van der Waals surface area (Å²) in [6.45, 7) is 6.53. The van der Waals surface area contributed by atoms with Gasteiger partial charge >= 0.3 is 0 Å². The maximum absolute atomic E-state index is 12.7. The average Bonchev–Trinajstić information content (AvgIpc) is 2.74. The summed E-state index contributed by atoms with van der Waals surface area (Å²) in [5.74, 6) is 0.602. The van der Waals surface area contributed by atoms with Crippen LogP contribution in [0.3, 0.4) is 0 Å². The van der Waals surface area contributed by atoms with Crippen molar-refractivity contribution < 1.29 is 4.79 Å². The zero-order valence-corrected chi connectivity index (χ0v) is 12.9. The van der Waals surface area contributed by atoms with Crippen LogP contribution in [0.4, 0.5) is 5.69 Å². The molecule has 2 fully saturated rings. The highest BCUT2D eigenvalue weighted by atomic mass is 35.5. The number of allylic oxidation sites excluding steroid dienone is 1. The van der Waals surface area contributed by atoms with Gasteiger partial charge in [-0.05, 0) is 36.3 Å². The van der Waals surface area contributed by atoms with Gasteiger partial charge in [0.25, 0.3) is 0 Å². The molecular weight excluding hydrogens is 270 g/mol. The molecule has 0 unspecified atom stereocenters. The van der Waals surface area contributed by atoms with Crippen molar-refractivity contribution in [3.05, 3.63) is 42.1 Å². The topological polar surface area (TPSA) is 20.3 Å². The summed E-state index contributed by atoms with van der Waals surface area (Å²) in [5.41, 5.74) is 1.59. The summed E-state index contributed by atoms with van der Waals surface area (Å²) in [7, 11) is 0. The number of benzene rings is 1. The molecule has 3 heteroatoms. The van der Waals surface area contributed by atoms with E-state index in [1.54, 1.807) is 4.42 Å². The molecule has 0 amide bonds. The minimum absolute atomic E-state index is 0.0321. The number of fused-ring (bicyclic) bond motifs is 2. The van der Waals surface area contributed by atoms with Gasteiger partial charge in [-0.2, -0.15) is 0 Å². The van der Waals surface area contributed by atoms with E-state index >= 15 is 0 Å². The lowest BCUT2D eigenvalue weighted by molar-refractivity contribution is -0.125. The summed E-state index contributed by atoms with van der Waals surface area (Å²) >= 11 is 6.33. The summed E-state index contributed by atoms with van der Waals surface area (Å²) in [6, 6.07) is 9.71. The van der Waals surface area contributed by atoms with Crippen LogP contribution in [0.1, 0.15) is 33.6 Å². The van der Waals surface area contributed by atoms with Crippen LogP contribution in [0.25, 0.3) is 0 Å². The summed E-state index contributed by atoms with van der Waals surface area (Å²) in [5, 5.41) is 0. The van der Waals surface area contributed by atoms with Gasteiger partial charge in [0.2, 0.25) is 0 Å². The molecule has 0 heterocycles. The van der Waals surface area contributed by atoms with E-state index in [4.69, 9.17) is 11.8 Å². The van der Waals surface area contributed by atoms with Gasteiger partial charge in [-0.3, -0.25) is 9.21 Å². The number of para-hydroxylation sites is 1. The fraction of sp³-hybridized carbons (Fsp3) is 0.471. The number of Topliss-reactive ketones (excluding diaryl/α,β-unsaturated/α-hetero) is 1. The fourth-order valence-corrected chi connectivity index (χ4v) is 4.06. The summed E-state index contributed by atoms with van der Waals surface area (Å²) in [4.78, 5) is 12.7. The van der Waals surface area contributed by atoms with Crippen molar-refractivity contribution in [2.45, 2.75) is 33.6 Å². The monoisotopic (exact) mass is 289 g/mol. The Morgan fingerprint density at radius 1 is 1.25 bits per heavy atom. The number of ketones is 1. The first-order chi connectivity index (χ1) is 9.38. The van der Waals surface area contributed by atoms with Crippen LogP contribution in [0.2, 0.25) is 0 Å². The Balaban J connectivity index is 1.96. The number of nitrogens with zero attached hydrogens (tertiary/aromatic N) is 1. The van der Waals surface area contributed by atoms with Gasteiger partial charge in [0.1, 0.15) is 0 Å². The van der Waals surface area contributed by atoms with Gasteiger partial charge in [0.15, 0.2) is 5.78 Å². The lowest BCUT2D eigenvalue weighted by Gasteiger charge is -2.31. The Labute approximate surface area is 125 Å². The van der Waals surface area contributed by atoms with Gasteiger partial charge in [-0.1, -0.05) is 39.0 Å². The third-order valence-corrected chi connectivity index (χ3v) is 5.91. The van der Waals surface area contributed by atoms with Crippen molar-refractivity contribution in [3.8, 4) is 0 Å². The van der Waals surface area contributed by atoms with Gasteiger partial charge in [-0.25, -0.2) is 0 Å². The standard InChI is InChI=1S/C17H20ClNO/c1-16(2)14-9-10-17(16,3)15(20)13(14)11-19(18)12-7-5-4-6-8-12/h4-8,11,14H,9-10H2,1-3H3/b13-11-/t14-,17+/m0/s1. The van der Waals surface area contributed by atoms with E-state index in [9.17, 15) is 4.79 Å². The maximum Gasteiger partial charge on any atom is 0.167 e. The molecule has 1 aromatic carbocycles. The third-order valence-electron chi connectivity index (χ3n) is 5.62. The zero-order valence-electron chi connectivity index (χ0n) is 12.2. The van der Waals surface area contributed by atoms with Crippen molar-refractivity contribution >= 4 is 23.2 Å². The molecule has 2 saturated carbocycles. The van der Waals surface area contributed by atoms with Crippen LogP contribution < -0.4 is 4.42 Å². The van der Waals surface area contributed by atoms with E-state index in [0.29, 0.717) is 5.92 Å². The first-order valence-corrected chi connectivity index (χ1v) is 7.48. The molecule has 2 aliphatic carbocycles. The molecule has 2 bridgehead atoms. The lowest BCUT2D eigenvalue weighted by atomic mass is 9.70. The van der Waals surface area contributed by atoms with Crippen LogP contribution in [-0.2, 0) is 4.79 Å². The van der Waals surface area contributed by atoms with Crippen LogP contribution in [0, 0.1) is 16.7 Å². The zero-order chi connectivity index (χ0) is 14.5. The van der Waals surface area contributed by atoms with Crippen molar-refractivity contribution in [2.75, 3.05) is 4.42 Å². The number of carbonyl (C=O) groups is 1. The SMILES string of the molecule is CC1(C)[C@H]2CC[C@]1(C)C(=O)/C2=C\N(Cl)c1ccccc1. The van der Waals surface area contributed by atoms with Gasteiger partial charge in [0.05, 0.1) is 5.69 Å². The van der Waals surface area contributed by atoms with Crippen LogP contribution >= 0.6 is 11.8 Å². The molecule has 3 rings (SSSR count). The molecule has 1 aromatic rings. The molecule has 0 aromatic heterocycles. The van der Waals surface area contributed by atoms with Gasteiger partial charge in [0, 0.05) is 29.0 Å². The largest absolute Gasteiger partial charge is 0.294 e. The maximum atomic E-state index is 12.7. The third kappa shape index (κ3) is 1.67. The Morgan fingerprint density at radius 2 is 1.90 bits per heavy atom. The van der Waals surface area contributed by atoms with E-state index in [2.05, 4.69) is 20.8 Å². The second-order valence-electron chi connectivity index (χ2n) is 6.71. The number of hydrogen-bond acceptors (Lipinski definition) is 2. The van der Waals surface area contributed by atoms with Crippen LogP contribution in [-0.4, -0.2) is 5.78 Å². The number of rotatable bonds is 2. The van der Waals surface area contributed by atoms with E-state index in [0.717, 1.165) is 24.1 Å². The number of hydrogen-bond donors (Lipinski definition) is 0. The van der Waals surface area contributed by atoms with E-state index in [-0.39, 0.29) is 16.6 Å². The molecule has 0 aliphatic heterocycles. The molecular formula is C17H20ClNO. The second-order valence-corrected chi connectivity index (χ2v) is 7.07. The minimum Gasteiger partial charge on any atom is -0.294 e. The minimum atomic E-state index is -0.224. The molecule has 2 aliphatic rings.